The molecule has 0 bridgehead atoms. The van der Waals surface area contributed by atoms with Crippen LogP contribution in [-0.4, -0.2) is 62.8 Å². The largest absolute Gasteiger partial charge is 0.319 e. The lowest BCUT2D eigenvalue weighted by Crippen LogP contribution is -2.18. The molecule has 0 atom stereocenters. The van der Waals surface area contributed by atoms with Gasteiger partial charge in [0.2, 0.25) is 0 Å². The lowest BCUT2D eigenvalue weighted by Gasteiger charge is -2.26. The molecule has 10 rings (SSSR count). The van der Waals surface area contributed by atoms with Crippen LogP contribution in [0.15, 0.2) is 156 Å². The van der Waals surface area contributed by atoms with E-state index in [0.29, 0.717) is 11.9 Å². The number of unbranched alkanes of at least 4 members (excludes halogenated alkanes) is 6. The van der Waals surface area contributed by atoms with E-state index in [1.807, 2.05) is 73.1 Å². The monoisotopic (exact) mass is 844 g/mol. The van der Waals surface area contributed by atoms with Crippen molar-refractivity contribution in [2.24, 2.45) is 10.2 Å². The van der Waals surface area contributed by atoms with Gasteiger partial charge in [-0.05, 0) is 95.1 Å². The number of benzene rings is 6. The Labute approximate surface area is 369 Å². The first-order chi connectivity index (χ1) is 31.7. The lowest BCUT2D eigenvalue weighted by molar-refractivity contribution is 0.418. The van der Waals surface area contributed by atoms with E-state index in [1.54, 1.807) is 10.0 Å². The van der Waals surface area contributed by atoms with E-state index in [1.165, 1.54) is 82.1 Å². The van der Waals surface area contributed by atoms with Crippen molar-refractivity contribution in [1.29, 1.82) is 0 Å². The number of para-hydroxylation sites is 4. The van der Waals surface area contributed by atoms with Crippen molar-refractivity contribution in [3.63, 3.8) is 0 Å². The maximum absolute atomic E-state index is 4.87. The van der Waals surface area contributed by atoms with Gasteiger partial charge in [0.15, 0.2) is 0 Å². The van der Waals surface area contributed by atoms with Crippen LogP contribution in [0.3, 0.4) is 0 Å². The molecule has 64 heavy (non-hydrogen) atoms. The van der Waals surface area contributed by atoms with Crippen LogP contribution in [-0.2, 0) is 0 Å². The number of tetrazole rings is 2. The number of hydrogen-bond donors (Lipinski definition) is 2. The highest BCUT2D eigenvalue weighted by Gasteiger charge is 2.24. The average Bonchev–Trinajstić information content (AvgIpc) is 4.18. The van der Waals surface area contributed by atoms with Crippen LogP contribution in [0.2, 0.25) is 0 Å². The summed E-state index contributed by atoms with van der Waals surface area (Å²) in [5.41, 5.74) is 8.29. The lowest BCUT2D eigenvalue weighted by atomic mass is 10.1. The Kier molecular flexibility index (Phi) is 11.6. The molecule has 0 aliphatic heterocycles. The second-order valence-electron chi connectivity index (χ2n) is 15.9. The van der Waals surface area contributed by atoms with Crippen LogP contribution in [0.25, 0.3) is 43.6 Å². The minimum absolute atomic E-state index is 0.0156. The van der Waals surface area contributed by atoms with E-state index in [0.717, 1.165) is 35.3 Å². The minimum Gasteiger partial charge on any atom is -0.319 e. The van der Waals surface area contributed by atoms with Crippen molar-refractivity contribution in [3.8, 4) is 0 Å². The van der Waals surface area contributed by atoms with Crippen molar-refractivity contribution >= 4 is 79.3 Å². The number of fused-ring (bicyclic) bond motifs is 6. The van der Waals surface area contributed by atoms with Gasteiger partial charge < -0.3 is 9.13 Å². The van der Waals surface area contributed by atoms with Gasteiger partial charge in [0.1, 0.15) is 6.17 Å². The van der Waals surface area contributed by atoms with Crippen LogP contribution in [0.4, 0.5) is 23.3 Å². The third-order valence-electron chi connectivity index (χ3n) is 11.8. The fraction of sp³-hybridized carbons (Fsp3) is 0.200. The molecule has 0 saturated carbocycles. The molecule has 0 amide bonds. The third kappa shape index (κ3) is 8.08. The summed E-state index contributed by atoms with van der Waals surface area (Å²) in [5, 5.41) is 47.4. The standard InChI is InChI=1S/C50H48N14/c1-2-3-4-5-6-7-14-27-48(61-44-25-17-15-23-40(44)42-32-36(28-30-46(42)61)34-51-63(49-53-57-58-54-49)38-19-10-8-11-20-38)62-45-26-18-16-24-41(45)43-33-37(29-31-47(43)62)35-52-64(50-55-59-60-56-50)39-21-12-9-13-22-39/h8-13,15-26,28-35,48H,2-7,14,27H2,1H3,(H,53,54,57,58)(H,55,56,59,60). The minimum atomic E-state index is -0.0156. The van der Waals surface area contributed by atoms with E-state index in [4.69, 9.17) is 10.2 Å². The molecule has 0 spiro atoms. The molecule has 0 aliphatic carbocycles. The molecule has 10 aromatic rings. The van der Waals surface area contributed by atoms with Gasteiger partial charge in [-0.15, -0.1) is 10.2 Å². The summed E-state index contributed by atoms with van der Waals surface area (Å²) in [6, 6.07) is 50.5. The zero-order valence-corrected chi connectivity index (χ0v) is 35.6. The summed E-state index contributed by atoms with van der Waals surface area (Å²) in [7, 11) is 0. The number of anilines is 4. The molecule has 14 nitrogen and oxygen atoms in total. The summed E-state index contributed by atoms with van der Waals surface area (Å²) in [6.45, 7) is 2.28. The SMILES string of the molecule is CCCCCCCCCC(n1c2ccccc2c2cc(C=NN(c3ccccc3)c3nn[nH]n3)ccc21)n1c2ccccc2c2cc(C=NN(c3ccccc3)c3nn[nH]n3)ccc21. The highest BCUT2D eigenvalue weighted by atomic mass is 15.6. The predicted molar refractivity (Wildman–Crippen MR) is 257 cm³/mol. The van der Waals surface area contributed by atoms with Crippen LogP contribution >= 0.6 is 0 Å². The molecule has 318 valence electrons. The Bertz CT molecular complexity index is 2950. The molecule has 4 heterocycles. The summed E-state index contributed by atoms with van der Waals surface area (Å²) < 4.78 is 5.14. The second kappa shape index (κ2) is 18.5. The van der Waals surface area contributed by atoms with Gasteiger partial charge in [-0.1, -0.05) is 141 Å². The number of H-pyrrole nitrogens is 2. The van der Waals surface area contributed by atoms with Gasteiger partial charge >= 0.3 is 0 Å². The molecule has 0 radical (unpaired) electrons. The highest BCUT2D eigenvalue weighted by Crippen LogP contribution is 2.40. The molecule has 0 unspecified atom stereocenters. The van der Waals surface area contributed by atoms with E-state index in [2.05, 4.69) is 142 Å². The summed E-state index contributed by atoms with van der Waals surface area (Å²) in [4.78, 5) is 0. The molecule has 6 aromatic carbocycles. The molecule has 4 aromatic heterocycles. The molecule has 14 heteroatoms. The van der Waals surface area contributed by atoms with Crippen molar-refractivity contribution in [1.82, 2.24) is 50.4 Å². The van der Waals surface area contributed by atoms with Crippen LogP contribution in [0.1, 0.15) is 75.6 Å². The molecule has 0 fully saturated rings. The number of nitrogens with one attached hydrogen (secondary N) is 2. The van der Waals surface area contributed by atoms with Crippen LogP contribution in [0, 0.1) is 0 Å². The Hall–Kier alpha value is -8.00. The molecule has 0 saturated heterocycles. The number of aromatic amines is 2. The van der Waals surface area contributed by atoms with Gasteiger partial charge in [0, 0.05) is 21.5 Å². The zero-order chi connectivity index (χ0) is 43.1. The fourth-order valence-electron chi connectivity index (χ4n) is 8.85. The fourth-order valence-corrected chi connectivity index (χ4v) is 8.85. The van der Waals surface area contributed by atoms with E-state index in [9.17, 15) is 0 Å². The predicted octanol–water partition coefficient (Wildman–Crippen LogP) is 11.5. The highest BCUT2D eigenvalue weighted by molar-refractivity contribution is 6.11. The first-order valence-electron chi connectivity index (χ1n) is 22.1. The average molecular weight is 845 g/mol. The zero-order valence-electron chi connectivity index (χ0n) is 35.6. The number of hydrazone groups is 2. The number of hydrogen-bond acceptors (Lipinski definition) is 10. The van der Waals surface area contributed by atoms with Crippen LogP contribution < -0.4 is 10.0 Å². The van der Waals surface area contributed by atoms with Gasteiger partial charge in [-0.25, -0.2) is 0 Å². The van der Waals surface area contributed by atoms with E-state index >= 15 is 0 Å². The van der Waals surface area contributed by atoms with Gasteiger partial charge in [0.05, 0.1) is 45.9 Å². The normalized spacial score (nSPS) is 12.5. The van der Waals surface area contributed by atoms with Crippen molar-refractivity contribution in [3.05, 3.63) is 157 Å². The molecular weight excluding hydrogens is 797 g/mol. The molecule has 0 aliphatic rings. The first kappa shape index (κ1) is 40.1. The summed E-state index contributed by atoms with van der Waals surface area (Å²) >= 11 is 0. The maximum Gasteiger partial charge on any atom is 0.290 e. The van der Waals surface area contributed by atoms with Gasteiger partial charge in [0.25, 0.3) is 11.9 Å². The van der Waals surface area contributed by atoms with Crippen molar-refractivity contribution in [2.45, 2.75) is 64.5 Å². The van der Waals surface area contributed by atoms with E-state index < -0.39 is 0 Å². The summed E-state index contributed by atoms with van der Waals surface area (Å²) in [5.74, 6) is 0.717. The first-order valence-corrected chi connectivity index (χ1v) is 22.1. The van der Waals surface area contributed by atoms with E-state index in [-0.39, 0.29) is 6.17 Å². The smallest absolute Gasteiger partial charge is 0.290 e. The number of rotatable bonds is 18. The molecule has 2 N–H and O–H groups in total. The Morgan fingerprint density at radius 3 is 1.41 bits per heavy atom. The topological polar surface area (TPSA) is 150 Å². The number of aromatic nitrogens is 10. The van der Waals surface area contributed by atoms with Gasteiger partial charge in [-0.2, -0.15) is 30.6 Å². The Morgan fingerprint density at radius 2 is 0.938 bits per heavy atom. The second-order valence-corrected chi connectivity index (χ2v) is 15.9. The Balaban J connectivity index is 1.07. The molecular formula is C50H48N14. The maximum atomic E-state index is 4.87. The Morgan fingerprint density at radius 1 is 0.500 bits per heavy atom. The quantitative estimate of drug-likeness (QED) is 0.0492. The van der Waals surface area contributed by atoms with Gasteiger partial charge in [-0.3, -0.25) is 0 Å². The van der Waals surface area contributed by atoms with Crippen molar-refractivity contribution < 1.29 is 0 Å². The summed E-state index contributed by atoms with van der Waals surface area (Å²) in [6.07, 6.45) is 13.3. The third-order valence-corrected chi connectivity index (χ3v) is 11.8. The van der Waals surface area contributed by atoms with Crippen LogP contribution in [0.5, 0.6) is 0 Å². The number of nitrogens with zero attached hydrogens (tertiary/aromatic N) is 12. The van der Waals surface area contributed by atoms with Crippen molar-refractivity contribution in [2.75, 3.05) is 10.0 Å².